The SMILES string of the molecule is CCCOc1ccc(C(=O)N2CCCC(C(=O)NCCN)C2)cc1OCC. The molecule has 0 aliphatic carbocycles. The minimum Gasteiger partial charge on any atom is -0.490 e. The second kappa shape index (κ2) is 10.8. The summed E-state index contributed by atoms with van der Waals surface area (Å²) in [5, 5.41) is 2.82. The molecule has 1 aliphatic heterocycles. The molecule has 0 saturated carbocycles. The molecule has 0 radical (unpaired) electrons. The van der Waals surface area contributed by atoms with Crippen molar-refractivity contribution in [3.8, 4) is 11.5 Å². The summed E-state index contributed by atoms with van der Waals surface area (Å²) >= 11 is 0. The zero-order chi connectivity index (χ0) is 19.6. The van der Waals surface area contributed by atoms with Crippen LogP contribution in [0.15, 0.2) is 18.2 Å². The van der Waals surface area contributed by atoms with Gasteiger partial charge in [-0.25, -0.2) is 0 Å². The van der Waals surface area contributed by atoms with Gasteiger partial charge in [-0.3, -0.25) is 9.59 Å². The fourth-order valence-electron chi connectivity index (χ4n) is 3.14. The van der Waals surface area contributed by atoms with Crippen LogP contribution in [0.1, 0.15) is 43.5 Å². The monoisotopic (exact) mass is 377 g/mol. The summed E-state index contributed by atoms with van der Waals surface area (Å²) in [4.78, 5) is 26.9. The van der Waals surface area contributed by atoms with E-state index < -0.39 is 0 Å². The molecule has 1 aromatic rings. The van der Waals surface area contributed by atoms with E-state index in [2.05, 4.69) is 5.32 Å². The molecule has 1 saturated heterocycles. The number of rotatable bonds is 9. The number of hydrogen-bond acceptors (Lipinski definition) is 5. The molecule has 27 heavy (non-hydrogen) atoms. The quantitative estimate of drug-likeness (QED) is 0.684. The van der Waals surface area contributed by atoms with Gasteiger partial charge in [0.2, 0.25) is 5.91 Å². The van der Waals surface area contributed by atoms with Crippen molar-refractivity contribution in [2.45, 2.75) is 33.1 Å². The van der Waals surface area contributed by atoms with Gasteiger partial charge in [0.1, 0.15) is 0 Å². The van der Waals surface area contributed by atoms with Crippen molar-refractivity contribution in [2.24, 2.45) is 11.7 Å². The van der Waals surface area contributed by atoms with Gasteiger partial charge in [-0.1, -0.05) is 6.92 Å². The molecule has 1 fully saturated rings. The Labute approximate surface area is 161 Å². The highest BCUT2D eigenvalue weighted by molar-refractivity contribution is 5.95. The minimum atomic E-state index is -0.187. The maximum absolute atomic E-state index is 12.9. The van der Waals surface area contributed by atoms with Crippen LogP contribution in [0.5, 0.6) is 11.5 Å². The summed E-state index contributed by atoms with van der Waals surface area (Å²) in [5.41, 5.74) is 5.98. The number of piperidine rings is 1. The molecule has 150 valence electrons. The van der Waals surface area contributed by atoms with Crippen LogP contribution in [0.2, 0.25) is 0 Å². The maximum atomic E-state index is 12.9. The van der Waals surface area contributed by atoms with Crippen LogP contribution < -0.4 is 20.5 Å². The maximum Gasteiger partial charge on any atom is 0.254 e. The van der Waals surface area contributed by atoms with Crippen molar-refractivity contribution in [1.82, 2.24) is 10.2 Å². The van der Waals surface area contributed by atoms with E-state index in [1.165, 1.54) is 0 Å². The van der Waals surface area contributed by atoms with E-state index >= 15 is 0 Å². The van der Waals surface area contributed by atoms with Gasteiger partial charge in [-0.2, -0.15) is 0 Å². The van der Waals surface area contributed by atoms with Crippen LogP contribution in [0.25, 0.3) is 0 Å². The fourth-order valence-corrected chi connectivity index (χ4v) is 3.14. The molecule has 1 aromatic carbocycles. The average Bonchev–Trinajstić information content (AvgIpc) is 2.70. The van der Waals surface area contributed by atoms with E-state index in [1.54, 1.807) is 23.1 Å². The molecule has 0 aromatic heterocycles. The number of amides is 2. The van der Waals surface area contributed by atoms with Crippen molar-refractivity contribution >= 4 is 11.8 Å². The van der Waals surface area contributed by atoms with Crippen LogP contribution in [0.4, 0.5) is 0 Å². The van der Waals surface area contributed by atoms with Crippen LogP contribution in [-0.2, 0) is 4.79 Å². The highest BCUT2D eigenvalue weighted by Crippen LogP contribution is 2.30. The Hall–Kier alpha value is -2.28. The number of benzene rings is 1. The van der Waals surface area contributed by atoms with Crippen LogP contribution in [0.3, 0.4) is 0 Å². The Kier molecular flexibility index (Phi) is 8.39. The third-order valence-electron chi connectivity index (χ3n) is 4.48. The Morgan fingerprint density at radius 2 is 2.07 bits per heavy atom. The minimum absolute atomic E-state index is 0.0312. The van der Waals surface area contributed by atoms with Gasteiger partial charge < -0.3 is 25.4 Å². The molecule has 1 unspecified atom stereocenters. The predicted molar refractivity (Wildman–Crippen MR) is 104 cm³/mol. The third-order valence-corrected chi connectivity index (χ3v) is 4.48. The van der Waals surface area contributed by atoms with Gasteiger partial charge in [-0.05, 0) is 44.4 Å². The Morgan fingerprint density at radius 1 is 1.26 bits per heavy atom. The molecule has 0 bridgehead atoms. The zero-order valence-electron chi connectivity index (χ0n) is 16.3. The summed E-state index contributed by atoms with van der Waals surface area (Å²) in [7, 11) is 0. The smallest absolute Gasteiger partial charge is 0.254 e. The lowest BCUT2D eigenvalue weighted by atomic mass is 9.96. The van der Waals surface area contributed by atoms with Gasteiger partial charge in [0, 0.05) is 31.7 Å². The van der Waals surface area contributed by atoms with Gasteiger partial charge in [0.05, 0.1) is 19.1 Å². The Balaban J connectivity index is 2.09. The highest BCUT2D eigenvalue weighted by atomic mass is 16.5. The van der Waals surface area contributed by atoms with E-state index in [1.807, 2.05) is 13.8 Å². The topological polar surface area (TPSA) is 93.9 Å². The van der Waals surface area contributed by atoms with Gasteiger partial charge >= 0.3 is 0 Å². The highest BCUT2D eigenvalue weighted by Gasteiger charge is 2.29. The average molecular weight is 377 g/mol. The van der Waals surface area contributed by atoms with Gasteiger partial charge in [-0.15, -0.1) is 0 Å². The molecule has 1 atom stereocenters. The van der Waals surface area contributed by atoms with E-state index in [-0.39, 0.29) is 17.7 Å². The van der Waals surface area contributed by atoms with E-state index in [0.717, 1.165) is 19.3 Å². The Bertz CT molecular complexity index is 636. The van der Waals surface area contributed by atoms with Crippen molar-refractivity contribution in [3.05, 3.63) is 23.8 Å². The molecular formula is C20H31N3O4. The number of nitrogens with one attached hydrogen (secondary N) is 1. The summed E-state index contributed by atoms with van der Waals surface area (Å²) in [6, 6.07) is 5.27. The van der Waals surface area contributed by atoms with Gasteiger partial charge in [0.25, 0.3) is 5.91 Å². The first-order valence-electron chi connectivity index (χ1n) is 9.77. The number of hydrogen-bond donors (Lipinski definition) is 2. The molecule has 3 N–H and O–H groups in total. The first kappa shape index (κ1) is 21.0. The van der Waals surface area contributed by atoms with Crippen LogP contribution >= 0.6 is 0 Å². The molecular weight excluding hydrogens is 346 g/mol. The second-order valence-electron chi connectivity index (χ2n) is 6.61. The van der Waals surface area contributed by atoms with E-state index in [9.17, 15) is 9.59 Å². The summed E-state index contributed by atoms with van der Waals surface area (Å²) in [6.45, 7) is 6.97. The lowest BCUT2D eigenvalue weighted by Crippen LogP contribution is -2.46. The van der Waals surface area contributed by atoms with E-state index in [4.69, 9.17) is 15.2 Å². The number of carbonyl (C=O) groups excluding carboxylic acids is 2. The van der Waals surface area contributed by atoms with Crippen LogP contribution in [0, 0.1) is 5.92 Å². The summed E-state index contributed by atoms with van der Waals surface area (Å²) in [6.07, 6.45) is 2.49. The van der Waals surface area contributed by atoms with Crippen molar-refractivity contribution < 1.29 is 19.1 Å². The first-order valence-corrected chi connectivity index (χ1v) is 9.77. The molecule has 1 aliphatic rings. The Morgan fingerprint density at radius 3 is 2.78 bits per heavy atom. The standard InChI is InChI=1S/C20H31N3O4/c1-3-12-27-17-8-7-15(13-18(17)26-4-2)20(25)23-11-5-6-16(14-23)19(24)22-10-9-21/h7-8,13,16H,3-6,9-12,14,21H2,1-2H3,(H,22,24). The predicted octanol–water partition coefficient (Wildman–Crippen LogP) is 1.80. The summed E-state index contributed by atoms with van der Waals surface area (Å²) < 4.78 is 11.3. The lowest BCUT2D eigenvalue weighted by molar-refractivity contribution is -0.126. The van der Waals surface area contributed by atoms with Crippen molar-refractivity contribution in [2.75, 3.05) is 39.4 Å². The molecule has 7 nitrogen and oxygen atoms in total. The second-order valence-corrected chi connectivity index (χ2v) is 6.61. The van der Waals surface area contributed by atoms with Crippen molar-refractivity contribution in [1.29, 1.82) is 0 Å². The number of likely N-dealkylation sites (tertiary alicyclic amines) is 1. The first-order chi connectivity index (χ1) is 13.1. The van der Waals surface area contributed by atoms with Gasteiger partial charge in [0.15, 0.2) is 11.5 Å². The lowest BCUT2D eigenvalue weighted by Gasteiger charge is -2.32. The van der Waals surface area contributed by atoms with Crippen LogP contribution in [-0.4, -0.2) is 56.1 Å². The summed E-state index contributed by atoms with van der Waals surface area (Å²) in [5.74, 6) is 0.914. The number of nitrogens with two attached hydrogens (primary N) is 1. The number of nitrogens with zero attached hydrogens (tertiary/aromatic N) is 1. The largest absolute Gasteiger partial charge is 0.490 e. The normalized spacial score (nSPS) is 16.7. The molecule has 0 spiro atoms. The number of ether oxygens (including phenoxy) is 2. The van der Waals surface area contributed by atoms with Crippen molar-refractivity contribution in [3.63, 3.8) is 0 Å². The zero-order valence-corrected chi connectivity index (χ0v) is 16.3. The van der Waals surface area contributed by atoms with E-state index in [0.29, 0.717) is 56.5 Å². The third kappa shape index (κ3) is 5.85. The number of carbonyl (C=O) groups is 2. The fraction of sp³-hybridized carbons (Fsp3) is 0.600. The molecule has 2 rings (SSSR count). The molecule has 2 amide bonds. The molecule has 7 heteroatoms. The molecule has 1 heterocycles.